The van der Waals surface area contributed by atoms with Crippen molar-refractivity contribution >= 4 is 5.78 Å². The van der Waals surface area contributed by atoms with Crippen molar-refractivity contribution in [3.8, 4) is 0 Å². The number of hydrogen-bond donors (Lipinski definition) is 0. The Bertz CT molecular complexity index is 484. The highest BCUT2D eigenvalue weighted by Gasteiger charge is 2.30. The summed E-state index contributed by atoms with van der Waals surface area (Å²) in [5.74, 6) is 0.231. The van der Waals surface area contributed by atoms with Crippen LogP contribution in [0.15, 0.2) is 24.3 Å². The molecule has 0 fully saturated rings. The number of halogens is 3. The normalized spacial score (nSPS) is 14.0. The van der Waals surface area contributed by atoms with E-state index in [2.05, 4.69) is 20.8 Å². The number of ketones is 1. The average molecular weight is 300 g/mol. The molecule has 0 aromatic heterocycles. The first-order valence-corrected chi connectivity index (χ1v) is 7.15. The molecule has 1 aromatic rings. The molecule has 0 aliphatic heterocycles. The Labute approximate surface area is 124 Å². The molecule has 0 aliphatic carbocycles. The zero-order valence-corrected chi connectivity index (χ0v) is 13.1. The summed E-state index contributed by atoms with van der Waals surface area (Å²) in [6, 6.07) is 5.01. The number of Topliss-reactive ketones (excluding diaryl/α,β-unsaturated/α-hetero) is 1. The number of rotatable bonds is 5. The SMILES string of the molecule is CC(CC(=O)Cc1cccc(C(F)(F)F)c1)CC(C)(C)C. The average Bonchev–Trinajstić information content (AvgIpc) is 2.24. The van der Waals surface area contributed by atoms with Crippen LogP contribution in [-0.4, -0.2) is 5.78 Å². The molecule has 1 unspecified atom stereocenters. The van der Waals surface area contributed by atoms with Crippen molar-refractivity contribution in [2.75, 3.05) is 0 Å². The van der Waals surface area contributed by atoms with E-state index in [4.69, 9.17) is 0 Å². The van der Waals surface area contributed by atoms with E-state index >= 15 is 0 Å². The lowest BCUT2D eigenvalue weighted by Crippen LogP contribution is -2.15. The Hall–Kier alpha value is -1.32. The van der Waals surface area contributed by atoms with Crippen molar-refractivity contribution in [2.45, 2.75) is 53.1 Å². The molecule has 1 atom stereocenters. The molecule has 4 heteroatoms. The van der Waals surface area contributed by atoms with Crippen molar-refractivity contribution in [3.05, 3.63) is 35.4 Å². The van der Waals surface area contributed by atoms with Crippen LogP contribution in [0.4, 0.5) is 13.2 Å². The zero-order chi connectivity index (χ0) is 16.3. The smallest absolute Gasteiger partial charge is 0.299 e. The second-order valence-corrected chi connectivity index (χ2v) is 6.99. The van der Waals surface area contributed by atoms with E-state index in [9.17, 15) is 18.0 Å². The third kappa shape index (κ3) is 6.78. The van der Waals surface area contributed by atoms with E-state index in [1.54, 1.807) is 6.07 Å². The zero-order valence-electron chi connectivity index (χ0n) is 13.1. The third-order valence-corrected chi connectivity index (χ3v) is 3.19. The van der Waals surface area contributed by atoms with Gasteiger partial charge in [-0.05, 0) is 29.4 Å². The highest BCUT2D eigenvalue weighted by atomic mass is 19.4. The lowest BCUT2D eigenvalue weighted by Gasteiger charge is -2.22. The van der Waals surface area contributed by atoms with Gasteiger partial charge in [0.1, 0.15) is 5.78 Å². The Morgan fingerprint density at radius 2 is 1.81 bits per heavy atom. The van der Waals surface area contributed by atoms with Crippen LogP contribution in [0.1, 0.15) is 51.7 Å². The fraction of sp³-hybridized carbons (Fsp3) is 0.588. The maximum Gasteiger partial charge on any atom is 0.416 e. The molecule has 0 bridgehead atoms. The van der Waals surface area contributed by atoms with E-state index in [0.29, 0.717) is 12.0 Å². The molecule has 0 saturated carbocycles. The molecule has 0 heterocycles. The lowest BCUT2D eigenvalue weighted by molar-refractivity contribution is -0.137. The summed E-state index contributed by atoms with van der Waals surface area (Å²) in [5, 5.41) is 0. The Morgan fingerprint density at radius 3 is 2.33 bits per heavy atom. The van der Waals surface area contributed by atoms with Gasteiger partial charge >= 0.3 is 6.18 Å². The van der Waals surface area contributed by atoms with Crippen LogP contribution < -0.4 is 0 Å². The number of benzene rings is 1. The minimum absolute atomic E-state index is 0.00826. The molecular weight excluding hydrogens is 277 g/mol. The minimum atomic E-state index is -4.36. The molecule has 1 nitrogen and oxygen atoms in total. The first kappa shape index (κ1) is 17.7. The van der Waals surface area contributed by atoms with Crippen molar-refractivity contribution in [1.82, 2.24) is 0 Å². The van der Waals surface area contributed by atoms with Gasteiger partial charge in [0.15, 0.2) is 0 Å². The highest BCUT2D eigenvalue weighted by Crippen LogP contribution is 2.30. The maximum atomic E-state index is 12.6. The summed E-state index contributed by atoms with van der Waals surface area (Å²) < 4.78 is 37.8. The number of alkyl halides is 3. The summed E-state index contributed by atoms with van der Waals surface area (Å²) >= 11 is 0. The number of carbonyl (C=O) groups is 1. The first-order valence-electron chi connectivity index (χ1n) is 7.15. The Balaban J connectivity index is 2.63. The van der Waals surface area contributed by atoms with Crippen LogP contribution in [0.2, 0.25) is 0 Å². The number of hydrogen-bond acceptors (Lipinski definition) is 1. The molecule has 0 N–H and O–H groups in total. The second-order valence-electron chi connectivity index (χ2n) is 6.99. The van der Waals surface area contributed by atoms with E-state index < -0.39 is 11.7 Å². The van der Waals surface area contributed by atoms with E-state index in [1.165, 1.54) is 6.07 Å². The molecule has 0 aliphatic rings. The van der Waals surface area contributed by atoms with Crippen molar-refractivity contribution < 1.29 is 18.0 Å². The van der Waals surface area contributed by atoms with Gasteiger partial charge in [-0.3, -0.25) is 4.79 Å². The van der Waals surface area contributed by atoms with Gasteiger partial charge in [0.05, 0.1) is 5.56 Å². The van der Waals surface area contributed by atoms with Crippen LogP contribution in [0.5, 0.6) is 0 Å². The fourth-order valence-corrected chi connectivity index (χ4v) is 2.66. The molecule has 1 aromatic carbocycles. The highest BCUT2D eigenvalue weighted by molar-refractivity contribution is 5.81. The summed E-state index contributed by atoms with van der Waals surface area (Å²) in [5.41, 5.74) is -0.121. The molecule has 21 heavy (non-hydrogen) atoms. The third-order valence-electron chi connectivity index (χ3n) is 3.19. The molecule has 1 rings (SSSR count). The van der Waals surface area contributed by atoms with E-state index in [-0.39, 0.29) is 23.5 Å². The summed E-state index contributed by atoms with van der Waals surface area (Å²) in [6.07, 6.45) is -2.97. The van der Waals surface area contributed by atoms with Gasteiger partial charge in [0.2, 0.25) is 0 Å². The van der Waals surface area contributed by atoms with Crippen LogP contribution in [0.3, 0.4) is 0 Å². The monoisotopic (exact) mass is 300 g/mol. The van der Waals surface area contributed by atoms with Crippen molar-refractivity contribution in [2.24, 2.45) is 11.3 Å². The summed E-state index contributed by atoms with van der Waals surface area (Å²) in [6.45, 7) is 8.34. The van der Waals surface area contributed by atoms with Gasteiger partial charge in [-0.2, -0.15) is 13.2 Å². The van der Waals surface area contributed by atoms with Gasteiger partial charge in [0.25, 0.3) is 0 Å². The largest absolute Gasteiger partial charge is 0.416 e. The van der Waals surface area contributed by atoms with Crippen LogP contribution in [0, 0.1) is 11.3 Å². The van der Waals surface area contributed by atoms with Crippen LogP contribution in [-0.2, 0) is 17.4 Å². The molecule has 0 saturated heterocycles. The first-order chi connectivity index (χ1) is 9.47. The second kappa shape index (κ2) is 6.63. The van der Waals surface area contributed by atoms with E-state index in [0.717, 1.165) is 18.6 Å². The van der Waals surface area contributed by atoms with Gasteiger partial charge in [-0.25, -0.2) is 0 Å². The molecule has 0 spiro atoms. The van der Waals surface area contributed by atoms with Gasteiger partial charge in [-0.15, -0.1) is 0 Å². The Morgan fingerprint density at radius 1 is 1.19 bits per heavy atom. The Kier molecular flexibility index (Phi) is 5.60. The fourth-order valence-electron chi connectivity index (χ4n) is 2.66. The van der Waals surface area contributed by atoms with Crippen molar-refractivity contribution in [1.29, 1.82) is 0 Å². The molecule has 0 radical (unpaired) electrons. The predicted molar refractivity (Wildman–Crippen MR) is 78.0 cm³/mol. The van der Waals surface area contributed by atoms with Gasteiger partial charge in [-0.1, -0.05) is 45.9 Å². The molecule has 118 valence electrons. The van der Waals surface area contributed by atoms with Crippen LogP contribution in [0.25, 0.3) is 0 Å². The quantitative estimate of drug-likeness (QED) is 0.723. The number of carbonyl (C=O) groups excluding carboxylic acids is 1. The topological polar surface area (TPSA) is 17.1 Å². The van der Waals surface area contributed by atoms with Gasteiger partial charge in [0, 0.05) is 12.8 Å². The summed E-state index contributed by atoms with van der Waals surface area (Å²) in [4.78, 5) is 12.0. The minimum Gasteiger partial charge on any atom is -0.299 e. The maximum absolute atomic E-state index is 12.6. The standard InChI is InChI=1S/C17H23F3O/c1-12(11-16(2,3)4)8-15(21)10-13-6-5-7-14(9-13)17(18,19)20/h5-7,9,12H,8,10-11H2,1-4H3. The van der Waals surface area contributed by atoms with Crippen molar-refractivity contribution in [3.63, 3.8) is 0 Å². The van der Waals surface area contributed by atoms with Crippen LogP contribution >= 0.6 is 0 Å². The predicted octanol–water partition coefficient (Wildman–Crippen LogP) is 5.28. The van der Waals surface area contributed by atoms with Gasteiger partial charge < -0.3 is 0 Å². The molecule has 0 amide bonds. The van der Waals surface area contributed by atoms with E-state index in [1.807, 2.05) is 6.92 Å². The lowest BCUT2D eigenvalue weighted by atomic mass is 9.83. The molecular formula is C17H23F3O. The summed E-state index contributed by atoms with van der Waals surface area (Å²) in [7, 11) is 0.